The molecule has 0 spiro atoms. The third kappa shape index (κ3) is 3.04. The summed E-state index contributed by atoms with van der Waals surface area (Å²) in [6, 6.07) is 9.37. The summed E-state index contributed by atoms with van der Waals surface area (Å²) in [5.74, 6) is -0.278. The van der Waals surface area contributed by atoms with Crippen molar-refractivity contribution in [1.82, 2.24) is 9.97 Å². The van der Waals surface area contributed by atoms with Crippen molar-refractivity contribution in [2.24, 2.45) is 0 Å². The molecule has 4 nitrogen and oxygen atoms in total. The highest BCUT2D eigenvalue weighted by Crippen LogP contribution is 2.10. The van der Waals surface area contributed by atoms with Crippen molar-refractivity contribution < 1.29 is 9.90 Å². The maximum atomic E-state index is 11.1. The highest BCUT2D eigenvalue weighted by molar-refractivity contribution is 5.92. The van der Waals surface area contributed by atoms with E-state index in [0.717, 1.165) is 5.56 Å². The molecule has 0 unspecified atom stereocenters. The second-order valence-electron chi connectivity index (χ2n) is 3.60. The molecule has 0 aliphatic rings. The normalized spacial score (nSPS) is 11.4. The van der Waals surface area contributed by atoms with Gasteiger partial charge < -0.3 is 10.1 Å². The predicted molar refractivity (Wildman–Crippen MR) is 64.3 cm³/mol. The monoisotopic (exact) mass is 228 g/mol. The molecule has 1 heterocycles. The molecular formula is C13H12N2O2. The Balaban J connectivity index is 2.24. The van der Waals surface area contributed by atoms with Crippen LogP contribution < -0.4 is 0 Å². The smallest absolute Gasteiger partial charge is 0.332 e. The molecule has 17 heavy (non-hydrogen) atoms. The highest BCUT2D eigenvalue weighted by atomic mass is 16.4. The Morgan fingerprint density at radius 1 is 1.35 bits per heavy atom. The first kappa shape index (κ1) is 11.1. The van der Waals surface area contributed by atoms with Gasteiger partial charge in [0.1, 0.15) is 5.82 Å². The predicted octanol–water partition coefficient (Wildman–Crippen LogP) is 2.12. The Bertz CT molecular complexity index is 516. The number of H-pyrrole nitrogens is 1. The third-order valence-corrected chi connectivity index (χ3v) is 2.33. The van der Waals surface area contributed by atoms with Crippen molar-refractivity contribution in [3.05, 3.63) is 59.7 Å². The average molecular weight is 228 g/mol. The molecule has 0 aliphatic carbocycles. The summed E-state index contributed by atoms with van der Waals surface area (Å²) in [4.78, 5) is 18.0. The number of hydrogen-bond acceptors (Lipinski definition) is 2. The molecule has 0 saturated heterocycles. The van der Waals surface area contributed by atoms with Crippen LogP contribution in [0.4, 0.5) is 0 Å². The lowest BCUT2D eigenvalue weighted by Crippen LogP contribution is -2.04. The minimum absolute atomic E-state index is 0.289. The van der Waals surface area contributed by atoms with Crippen LogP contribution >= 0.6 is 0 Å². The van der Waals surface area contributed by atoms with Crippen molar-refractivity contribution in [1.29, 1.82) is 0 Å². The number of nitrogens with zero attached hydrogens (tertiary/aromatic N) is 1. The minimum Gasteiger partial charge on any atom is -0.478 e. The third-order valence-electron chi connectivity index (χ3n) is 2.33. The lowest BCUT2D eigenvalue weighted by molar-refractivity contribution is -0.132. The summed E-state index contributed by atoms with van der Waals surface area (Å²) in [7, 11) is 0. The van der Waals surface area contributed by atoms with E-state index >= 15 is 0 Å². The van der Waals surface area contributed by atoms with Gasteiger partial charge in [-0.25, -0.2) is 9.78 Å². The van der Waals surface area contributed by atoms with Gasteiger partial charge in [0, 0.05) is 24.4 Å². The van der Waals surface area contributed by atoms with Gasteiger partial charge in [-0.1, -0.05) is 30.3 Å². The van der Waals surface area contributed by atoms with E-state index < -0.39 is 5.97 Å². The molecule has 0 saturated carbocycles. The molecule has 0 fully saturated rings. The molecule has 2 rings (SSSR count). The standard InChI is InChI=1S/C13H12N2O2/c16-13(17)11(9-12-14-6-7-15-12)8-10-4-2-1-3-5-10/h1-8H,9H2,(H,14,15)(H,16,17). The quantitative estimate of drug-likeness (QED) is 0.788. The lowest BCUT2D eigenvalue weighted by atomic mass is 10.1. The number of hydrogen-bond donors (Lipinski definition) is 2. The van der Waals surface area contributed by atoms with Crippen LogP contribution in [-0.4, -0.2) is 21.0 Å². The van der Waals surface area contributed by atoms with Crippen molar-refractivity contribution >= 4 is 12.0 Å². The molecular weight excluding hydrogens is 216 g/mol. The fourth-order valence-corrected chi connectivity index (χ4v) is 1.51. The summed E-state index contributed by atoms with van der Waals surface area (Å²) in [6.45, 7) is 0. The van der Waals surface area contributed by atoms with Crippen LogP contribution in [0.2, 0.25) is 0 Å². The second-order valence-corrected chi connectivity index (χ2v) is 3.60. The number of aromatic amines is 1. The van der Waals surface area contributed by atoms with E-state index in [4.69, 9.17) is 5.11 Å². The van der Waals surface area contributed by atoms with Gasteiger partial charge in [-0.05, 0) is 11.6 Å². The number of carboxylic acid groups (broad SMARTS) is 1. The zero-order valence-corrected chi connectivity index (χ0v) is 9.13. The first-order chi connectivity index (χ1) is 8.25. The Kier molecular flexibility index (Phi) is 3.35. The zero-order chi connectivity index (χ0) is 12.1. The number of benzene rings is 1. The molecule has 0 aliphatic heterocycles. The molecule has 0 atom stereocenters. The Morgan fingerprint density at radius 2 is 2.12 bits per heavy atom. The SMILES string of the molecule is O=C(O)C(=Cc1ccccc1)Cc1ncc[nH]1. The summed E-state index contributed by atoms with van der Waals surface area (Å²) in [5, 5.41) is 9.12. The first-order valence-corrected chi connectivity index (χ1v) is 5.23. The van der Waals surface area contributed by atoms with Gasteiger partial charge in [-0.3, -0.25) is 0 Å². The summed E-state index contributed by atoms with van der Waals surface area (Å²) in [6.07, 6.45) is 5.23. The topological polar surface area (TPSA) is 66.0 Å². The number of rotatable bonds is 4. The van der Waals surface area contributed by atoms with Gasteiger partial charge in [-0.2, -0.15) is 0 Å². The Morgan fingerprint density at radius 3 is 2.71 bits per heavy atom. The van der Waals surface area contributed by atoms with E-state index in [2.05, 4.69) is 9.97 Å². The van der Waals surface area contributed by atoms with Gasteiger partial charge in [-0.15, -0.1) is 0 Å². The summed E-state index contributed by atoms with van der Waals surface area (Å²) >= 11 is 0. The lowest BCUT2D eigenvalue weighted by Gasteiger charge is -2.00. The molecule has 0 radical (unpaired) electrons. The molecule has 1 aromatic heterocycles. The fourth-order valence-electron chi connectivity index (χ4n) is 1.51. The molecule has 0 amide bonds. The number of imidazole rings is 1. The van der Waals surface area contributed by atoms with Crippen LogP contribution in [0.5, 0.6) is 0 Å². The van der Waals surface area contributed by atoms with E-state index in [1.54, 1.807) is 18.5 Å². The van der Waals surface area contributed by atoms with Crippen LogP contribution in [-0.2, 0) is 11.2 Å². The fraction of sp³-hybridized carbons (Fsp3) is 0.0769. The van der Waals surface area contributed by atoms with Crippen LogP contribution in [0.1, 0.15) is 11.4 Å². The maximum absolute atomic E-state index is 11.1. The summed E-state index contributed by atoms with van der Waals surface area (Å²) in [5.41, 5.74) is 1.18. The van der Waals surface area contributed by atoms with E-state index in [1.807, 2.05) is 30.3 Å². The largest absolute Gasteiger partial charge is 0.478 e. The number of nitrogens with one attached hydrogen (secondary N) is 1. The number of carboxylic acids is 1. The Hall–Kier alpha value is -2.36. The van der Waals surface area contributed by atoms with Crippen molar-refractivity contribution in [2.45, 2.75) is 6.42 Å². The highest BCUT2D eigenvalue weighted by Gasteiger charge is 2.09. The van der Waals surface area contributed by atoms with Crippen molar-refractivity contribution in [3.8, 4) is 0 Å². The number of aliphatic carboxylic acids is 1. The molecule has 1 aromatic carbocycles. The van der Waals surface area contributed by atoms with Crippen LogP contribution in [0, 0.1) is 0 Å². The van der Waals surface area contributed by atoms with Gasteiger partial charge in [0.05, 0.1) is 0 Å². The maximum Gasteiger partial charge on any atom is 0.332 e. The van der Waals surface area contributed by atoms with E-state index in [-0.39, 0.29) is 6.42 Å². The Labute approximate surface area is 98.6 Å². The van der Waals surface area contributed by atoms with Crippen LogP contribution in [0.25, 0.3) is 6.08 Å². The first-order valence-electron chi connectivity index (χ1n) is 5.23. The minimum atomic E-state index is -0.926. The van der Waals surface area contributed by atoms with E-state index in [1.165, 1.54) is 0 Å². The molecule has 4 heteroatoms. The van der Waals surface area contributed by atoms with Gasteiger partial charge >= 0.3 is 5.97 Å². The summed E-state index contributed by atoms with van der Waals surface area (Å²) < 4.78 is 0. The molecule has 86 valence electrons. The average Bonchev–Trinajstić information content (AvgIpc) is 2.82. The van der Waals surface area contributed by atoms with Crippen LogP contribution in [0.15, 0.2) is 48.3 Å². The van der Waals surface area contributed by atoms with Crippen LogP contribution in [0.3, 0.4) is 0 Å². The zero-order valence-electron chi connectivity index (χ0n) is 9.13. The number of aromatic nitrogens is 2. The van der Waals surface area contributed by atoms with Gasteiger partial charge in [0.2, 0.25) is 0 Å². The van der Waals surface area contributed by atoms with Crippen molar-refractivity contribution in [2.75, 3.05) is 0 Å². The van der Waals surface area contributed by atoms with E-state index in [0.29, 0.717) is 11.4 Å². The molecule has 2 N–H and O–H groups in total. The van der Waals surface area contributed by atoms with Gasteiger partial charge in [0.15, 0.2) is 0 Å². The van der Waals surface area contributed by atoms with E-state index in [9.17, 15) is 4.79 Å². The molecule has 2 aromatic rings. The van der Waals surface area contributed by atoms with Gasteiger partial charge in [0.25, 0.3) is 0 Å². The van der Waals surface area contributed by atoms with Crippen molar-refractivity contribution in [3.63, 3.8) is 0 Å². The number of carbonyl (C=O) groups is 1. The molecule has 0 bridgehead atoms. The second kappa shape index (κ2) is 5.12.